The lowest BCUT2D eigenvalue weighted by molar-refractivity contribution is -0.152. The van der Waals surface area contributed by atoms with Crippen LogP contribution < -0.4 is 32.0 Å². The van der Waals surface area contributed by atoms with Crippen LogP contribution in [0.4, 0.5) is 4.79 Å². The molecule has 2 aromatic rings. The van der Waals surface area contributed by atoms with E-state index in [0.717, 1.165) is 12.5 Å². The Morgan fingerprint density at radius 1 is 0.733 bits per heavy atom. The van der Waals surface area contributed by atoms with Crippen molar-refractivity contribution in [1.82, 2.24) is 37.0 Å². The lowest BCUT2D eigenvalue weighted by atomic mass is 9.97. The first-order chi connectivity index (χ1) is 28.4. The molecule has 0 bridgehead atoms. The van der Waals surface area contributed by atoms with Crippen molar-refractivity contribution in [3.05, 3.63) is 71.8 Å². The van der Waals surface area contributed by atoms with E-state index in [9.17, 15) is 58.5 Å². The summed E-state index contributed by atoms with van der Waals surface area (Å²) in [4.78, 5) is 115. The van der Waals surface area contributed by atoms with Crippen LogP contribution in [0.1, 0.15) is 58.1 Å². The van der Waals surface area contributed by atoms with E-state index in [2.05, 4.69) is 26.6 Å². The molecule has 8 atom stereocenters. The average Bonchev–Trinajstić information content (AvgIpc) is 4.02. The highest BCUT2D eigenvalue weighted by Gasteiger charge is 2.53. The predicted octanol–water partition coefficient (Wildman–Crippen LogP) is -0.924. The minimum absolute atomic E-state index is 0.109. The first kappa shape index (κ1) is 47.8. The maximum Gasteiger partial charge on any atom is 0.408 e. The van der Waals surface area contributed by atoms with Crippen molar-refractivity contribution in [2.75, 3.05) is 6.54 Å². The topological polar surface area (TPSA) is 311 Å². The Morgan fingerprint density at radius 2 is 1.35 bits per heavy atom. The molecule has 0 radical (unpaired) electrons. The largest absolute Gasteiger partial charge is 0.481 e. The molecule has 1 heterocycles. The van der Waals surface area contributed by atoms with Gasteiger partial charge in [-0.1, -0.05) is 80.9 Å². The summed E-state index contributed by atoms with van der Waals surface area (Å²) >= 11 is 0. The van der Waals surface area contributed by atoms with Crippen molar-refractivity contribution in [1.29, 1.82) is 0 Å². The number of nitrogens with one attached hydrogen (secondary N) is 6. The Hall–Kier alpha value is -6.61. The Labute approximate surface area is 344 Å². The molecule has 7 amide bonds. The summed E-state index contributed by atoms with van der Waals surface area (Å²) in [6.45, 7) is 4.75. The summed E-state index contributed by atoms with van der Waals surface area (Å²) in [5, 5.41) is 41.7. The van der Waals surface area contributed by atoms with Crippen molar-refractivity contribution < 1.29 is 67.9 Å². The molecule has 0 aliphatic carbocycles. The van der Waals surface area contributed by atoms with Crippen molar-refractivity contribution in [3.63, 3.8) is 0 Å². The second kappa shape index (κ2) is 23.1. The van der Waals surface area contributed by atoms with Crippen LogP contribution >= 0.6 is 0 Å². The lowest BCUT2D eigenvalue weighted by Gasteiger charge is -2.29. The van der Waals surface area contributed by atoms with Crippen LogP contribution in [0.2, 0.25) is 0 Å². The summed E-state index contributed by atoms with van der Waals surface area (Å²) in [6.07, 6.45) is -6.47. The minimum Gasteiger partial charge on any atom is -0.481 e. The Balaban J connectivity index is 1.66. The molecule has 3 rings (SSSR count). The SMILES string of the molecule is CC[C@H](C)[C@H](NC(=O)OCc1ccccc1)C(=O)N[C@@H](CCC(=O)O)C(=O)N[C@H](C(=O)NN(CC(=O)O)C(=O)[C@@H]1O[C@H]1C(=O)N[C@@H](C)C(=O)NCc1ccccc1)[C@@H](C)O. The van der Waals surface area contributed by atoms with E-state index in [1.54, 1.807) is 74.5 Å². The van der Waals surface area contributed by atoms with Gasteiger partial charge in [-0.2, -0.15) is 0 Å². The number of aliphatic hydroxyl groups excluding tert-OH is 1. The van der Waals surface area contributed by atoms with Gasteiger partial charge in [0.15, 0.2) is 12.2 Å². The fraction of sp³-hybridized carbons (Fsp3) is 0.462. The fourth-order valence-electron chi connectivity index (χ4n) is 5.51. The monoisotopic (exact) mass is 841 g/mol. The number of epoxide rings is 1. The van der Waals surface area contributed by atoms with Gasteiger partial charge in [-0.05, 0) is 37.3 Å². The van der Waals surface area contributed by atoms with E-state index in [1.807, 2.05) is 5.43 Å². The van der Waals surface area contributed by atoms with Crippen LogP contribution in [-0.4, -0.2) is 123 Å². The van der Waals surface area contributed by atoms with Crippen LogP contribution in [0, 0.1) is 5.92 Å². The zero-order valence-electron chi connectivity index (χ0n) is 33.4. The number of alkyl carbamates (subject to hydrolysis) is 1. The number of rotatable bonds is 22. The van der Waals surface area contributed by atoms with Crippen LogP contribution in [0.3, 0.4) is 0 Å². The number of benzene rings is 2. The van der Waals surface area contributed by atoms with Gasteiger partial charge in [0.05, 0.1) is 6.10 Å². The van der Waals surface area contributed by atoms with Crippen LogP contribution in [0.5, 0.6) is 0 Å². The highest BCUT2D eigenvalue weighted by atomic mass is 16.6. The summed E-state index contributed by atoms with van der Waals surface area (Å²) < 4.78 is 10.4. The van der Waals surface area contributed by atoms with Gasteiger partial charge in [0.25, 0.3) is 17.7 Å². The zero-order valence-corrected chi connectivity index (χ0v) is 33.4. The number of aliphatic carboxylic acids is 2. The highest BCUT2D eigenvalue weighted by Crippen LogP contribution is 2.24. The normalized spacial score (nSPS) is 17.1. The van der Waals surface area contributed by atoms with Gasteiger partial charge in [-0.15, -0.1) is 0 Å². The molecule has 0 unspecified atom stereocenters. The van der Waals surface area contributed by atoms with Crippen LogP contribution in [0.15, 0.2) is 60.7 Å². The molecule has 1 fully saturated rings. The number of hydrogen-bond acceptors (Lipinski definition) is 12. The van der Waals surface area contributed by atoms with Gasteiger partial charge in [-0.25, -0.2) is 9.80 Å². The third-order valence-electron chi connectivity index (χ3n) is 9.18. The van der Waals surface area contributed by atoms with E-state index < -0.39 is 121 Å². The van der Waals surface area contributed by atoms with Gasteiger partial charge in [0.1, 0.15) is 37.3 Å². The van der Waals surface area contributed by atoms with Crippen molar-refractivity contribution in [2.45, 2.75) is 103 Å². The molecule has 1 saturated heterocycles. The molecule has 2 aromatic carbocycles. The van der Waals surface area contributed by atoms with Gasteiger partial charge >= 0.3 is 18.0 Å². The molecular weight excluding hydrogens is 790 g/mol. The van der Waals surface area contributed by atoms with E-state index >= 15 is 0 Å². The minimum atomic E-state index is -1.92. The molecule has 1 aliphatic heterocycles. The number of carboxylic acids is 2. The van der Waals surface area contributed by atoms with Gasteiger partial charge in [0.2, 0.25) is 17.7 Å². The number of amides is 7. The molecule has 60 heavy (non-hydrogen) atoms. The molecule has 0 aromatic heterocycles. The molecule has 9 N–H and O–H groups in total. The number of hydrogen-bond donors (Lipinski definition) is 9. The average molecular weight is 842 g/mol. The number of nitrogens with zero attached hydrogens (tertiary/aromatic N) is 1. The summed E-state index contributed by atoms with van der Waals surface area (Å²) in [7, 11) is 0. The van der Waals surface area contributed by atoms with Gasteiger partial charge < -0.3 is 51.4 Å². The highest BCUT2D eigenvalue weighted by molar-refractivity contribution is 5.99. The number of carbonyl (C=O) groups excluding carboxylic acids is 7. The molecule has 0 saturated carbocycles. The molecule has 21 heteroatoms. The van der Waals surface area contributed by atoms with E-state index in [0.29, 0.717) is 17.0 Å². The number of hydrazine groups is 1. The molecule has 1 aliphatic rings. The standard InChI is InChI=1S/C39H51N7O14/c1-5-21(2)29(44-39(58)59-20-25-14-10-7-11-15-25)35(54)42-26(16-17-27(48)49)34(53)43-30(23(4)47)36(55)45-46(19-28(50)51)38(57)32-31(60-32)37(56)41-22(3)33(52)40-18-24-12-8-6-9-13-24/h6-15,21-23,26,29-32,47H,5,16-20H2,1-4H3,(H,40,52)(H,41,56)(H,42,54)(H,43,53)(H,44,58)(H,45,55)(H,48,49)(H,50,51)/t21-,22-,23+,26-,29-,30-,31+,32+/m0/s1. The van der Waals surface area contributed by atoms with E-state index in [4.69, 9.17) is 9.47 Å². The Morgan fingerprint density at radius 3 is 1.92 bits per heavy atom. The molecular formula is C39H51N7O14. The number of aliphatic hydroxyl groups is 1. The number of carbonyl (C=O) groups is 9. The molecule has 21 nitrogen and oxygen atoms in total. The predicted molar refractivity (Wildman–Crippen MR) is 207 cm³/mol. The smallest absolute Gasteiger partial charge is 0.408 e. The van der Waals surface area contributed by atoms with Crippen LogP contribution in [-0.2, 0) is 61.0 Å². The summed E-state index contributed by atoms with van der Waals surface area (Å²) in [6, 6.07) is 11.8. The summed E-state index contributed by atoms with van der Waals surface area (Å²) in [5.41, 5.74) is 3.48. The zero-order chi connectivity index (χ0) is 44.5. The van der Waals surface area contributed by atoms with Gasteiger partial charge in [0, 0.05) is 13.0 Å². The second-order valence-electron chi connectivity index (χ2n) is 14.0. The fourth-order valence-corrected chi connectivity index (χ4v) is 5.51. The van der Waals surface area contributed by atoms with E-state index in [1.165, 1.54) is 6.92 Å². The van der Waals surface area contributed by atoms with Crippen LogP contribution in [0.25, 0.3) is 0 Å². The number of carboxylic acid groups (broad SMARTS) is 2. The Bertz CT molecular complexity index is 1850. The van der Waals surface area contributed by atoms with Gasteiger partial charge in [-0.3, -0.25) is 43.8 Å². The van der Waals surface area contributed by atoms with Crippen molar-refractivity contribution in [3.8, 4) is 0 Å². The van der Waals surface area contributed by atoms with E-state index in [-0.39, 0.29) is 13.2 Å². The maximum absolute atomic E-state index is 13.5. The quantitative estimate of drug-likeness (QED) is 0.0512. The number of ether oxygens (including phenoxy) is 2. The molecule has 0 spiro atoms. The second-order valence-corrected chi connectivity index (χ2v) is 14.0. The third-order valence-corrected chi connectivity index (χ3v) is 9.18. The Kier molecular flexibility index (Phi) is 18.4. The first-order valence-electron chi connectivity index (χ1n) is 19.0. The lowest BCUT2D eigenvalue weighted by Crippen LogP contribution is -2.62. The first-order valence-corrected chi connectivity index (χ1v) is 19.0. The molecule has 326 valence electrons. The van der Waals surface area contributed by atoms with Crippen molar-refractivity contribution in [2.24, 2.45) is 5.92 Å². The third kappa shape index (κ3) is 15.3. The maximum atomic E-state index is 13.5. The summed E-state index contributed by atoms with van der Waals surface area (Å²) in [5.74, 6) is -9.45. The van der Waals surface area contributed by atoms with Crippen molar-refractivity contribution >= 4 is 53.5 Å².